The summed E-state index contributed by atoms with van der Waals surface area (Å²) >= 11 is 6.69. The molecule has 2 nitrogen and oxygen atoms in total. The predicted octanol–water partition coefficient (Wildman–Crippen LogP) is 3.49. The Morgan fingerprint density at radius 3 is 2.92 bits per heavy atom. The summed E-state index contributed by atoms with van der Waals surface area (Å²) in [5.74, 6) is 0.705. The number of rotatable bonds is 1. The number of alkyl halides is 1. The van der Waals surface area contributed by atoms with Gasteiger partial charge in [-0.1, -0.05) is 22.0 Å². The van der Waals surface area contributed by atoms with Crippen LogP contribution in [0.2, 0.25) is 0 Å². The van der Waals surface area contributed by atoms with E-state index in [9.17, 15) is 0 Å². The van der Waals surface area contributed by atoms with Crippen molar-refractivity contribution >= 4 is 43.0 Å². The van der Waals surface area contributed by atoms with Crippen molar-refractivity contribution in [3.05, 3.63) is 28.6 Å². The van der Waals surface area contributed by atoms with Crippen molar-refractivity contribution in [2.75, 3.05) is 0 Å². The maximum atomic E-state index is 5.41. The fraction of sp³-hybridized carbons (Fsp3) is 0.125. The Kier molecular flexibility index (Phi) is 2.19. The van der Waals surface area contributed by atoms with Gasteiger partial charge >= 0.3 is 0 Å². The van der Waals surface area contributed by atoms with Crippen LogP contribution in [0.15, 0.2) is 27.1 Å². The van der Waals surface area contributed by atoms with Crippen molar-refractivity contribution < 1.29 is 4.42 Å². The van der Waals surface area contributed by atoms with Crippen molar-refractivity contribution in [2.45, 2.75) is 5.33 Å². The summed E-state index contributed by atoms with van der Waals surface area (Å²) in [6, 6.07) is 5.78. The van der Waals surface area contributed by atoms with Crippen molar-refractivity contribution in [1.82, 2.24) is 4.98 Å². The van der Waals surface area contributed by atoms with Gasteiger partial charge in [0, 0.05) is 4.47 Å². The van der Waals surface area contributed by atoms with Crippen molar-refractivity contribution in [1.29, 1.82) is 0 Å². The van der Waals surface area contributed by atoms with Crippen molar-refractivity contribution in [2.24, 2.45) is 0 Å². The lowest BCUT2D eigenvalue weighted by atomic mass is 10.3. The molecule has 0 spiro atoms. The highest BCUT2D eigenvalue weighted by Crippen LogP contribution is 2.24. The van der Waals surface area contributed by atoms with Crippen LogP contribution in [-0.4, -0.2) is 4.98 Å². The second kappa shape index (κ2) is 3.18. The van der Waals surface area contributed by atoms with Gasteiger partial charge in [0.15, 0.2) is 5.58 Å². The summed E-state index contributed by atoms with van der Waals surface area (Å²) in [4.78, 5) is 4.27. The van der Waals surface area contributed by atoms with Gasteiger partial charge in [-0.05, 0) is 28.1 Å². The number of para-hydroxylation sites is 1. The van der Waals surface area contributed by atoms with Crippen LogP contribution in [0.25, 0.3) is 11.1 Å². The van der Waals surface area contributed by atoms with E-state index in [-0.39, 0.29) is 0 Å². The van der Waals surface area contributed by atoms with E-state index in [1.165, 1.54) is 0 Å². The molecule has 0 saturated carbocycles. The fourth-order valence-corrected chi connectivity index (χ4v) is 1.69. The van der Waals surface area contributed by atoms with Crippen LogP contribution in [-0.2, 0) is 5.33 Å². The van der Waals surface area contributed by atoms with Crippen LogP contribution in [0, 0.1) is 0 Å². The summed E-state index contributed by atoms with van der Waals surface area (Å²) in [5.41, 5.74) is 1.70. The first-order valence-electron chi connectivity index (χ1n) is 3.41. The van der Waals surface area contributed by atoms with Gasteiger partial charge in [0.25, 0.3) is 0 Å². The topological polar surface area (TPSA) is 26.0 Å². The van der Waals surface area contributed by atoms with Gasteiger partial charge in [-0.3, -0.25) is 0 Å². The summed E-state index contributed by atoms with van der Waals surface area (Å²) in [6.07, 6.45) is 0. The summed E-state index contributed by atoms with van der Waals surface area (Å²) in [6.45, 7) is 0. The molecule has 1 aromatic heterocycles. The Hall–Kier alpha value is -0.350. The van der Waals surface area contributed by atoms with E-state index in [0.29, 0.717) is 11.2 Å². The molecular formula is C8H5Br2NO. The molecule has 0 unspecified atom stereocenters. The second-order valence-electron chi connectivity index (χ2n) is 2.33. The Labute approximate surface area is 86.2 Å². The van der Waals surface area contributed by atoms with E-state index >= 15 is 0 Å². The van der Waals surface area contributed by atoms with Crippen LogP contribution in [0.3, 0.4) is 0 Å². The van der Waals surface area contributed by atoms with E-state index in [1.54, 1.807) is 0 Å². The van der Waals surface area contributed by atoms with E-state index in [4.69, 9.17) is 4.42 Å². The standard InChI is InChI=1S/C8H5Br2NO/c9-4-7-11-8-5(10)2-1-3-6(8)12-7/h1-3H,4H2. The number of oxazole rings is 1. The first-order chi connectivity index (χ1) is 5.81. The monoisotopic (exact) mass is 289 g/mol. The van der Waals surface area contributed by atoms with Gasteiger partial charge in [0.2, 0.25) is 5.89 Å². The lowest BCUT2D eigenvalue weighted by Gasteiger charge is -1.86. The molecule has 0 aliphatic rings. The largest absolute Gasteiger partial charge is 0.440 e. The molecule has 12 heavy (non-hydrogen) atoms. The summed E-state index contributed by atoms with van der Waals surface area (Å²) in [5, 5.41) is 0.647. The average Bonchev–Trinajstić information content (AvgIpc) is 2.49. The van der Waals surface area contributed by atoms with Gasteiger partial charge in [-0.25, -0.2) is 4.98 Å². The first-order valence-corrected chi connectivity index (χ1v) is 5.32. The SMILES string of the molecule is BrCc1nc2c(Br)cccc2o1. The number of aromatic nitrogens is 1. The number of nitrogens with zero attached hydrogens (tertiary/aromatic N) is 1. The molecule has 0 aliphatic heterocycles. The third-order valence-corrected chi connectivity index (χ3v) is 2.65. The number of fused-ring (bicyclic) bond motifs is 1. The van der Waals surface area contributed by atoms with E-state index in [2.05, 4.69) is 36.8 Å². The Bertz CT molecular complexity index is 410. The molecule has 0 N–H and O–H groups in total. The van der Waals surface area contributed by atoms with E-state index in [1.807, 2.05) is 18.2 Å². The molecule has 0 bridgehead atoms. The molecular weight excluding hydrogens is 286 g/mol. The smallest absolute Gasteiger partial charge is 0.206 e. The highest BCUT2D eigenvalue weighted by atomic mass is 79.9. The quantitative estimate of drug-likeness (QED) is 0.752. The molecule has 0 saturated heterocycles. The van der Waals surface area contributed by atoms with Crippen LogP contribution in [0.1, 0.15) is 5.89 Å². The van der Waals surface area contributed by atoms with Crippen LogP contribution in [0.4, 0.5) is 0 Å². The lowest BCUT2D eigenvalue weighted by Crippen LogP contribution is -1.73. The summed E-state index contributed by atoms with van der Waals surface area (Å²) < 4.78 is 6.38. The molecule has 0 radical (unpaired) electrons. The second-order valence-corrected chi connectivity index (χ2v) is 3.74. The normalized spacial score (nSPS) is 10.8. The average molecular weight is 291 g/mol. The highest BCUT2D eigenvalue weighted by Gasteiger charge is 2.05. The Morgan fingerprint density at radius 1 is 1.42 bits per heavy atom. The molecule has 4 heteroatoms. The van der Waals surface area contributed by atoms with Crippen LogP contribution >= 0.6 is 31.9 Å². The molecule has 0 aliphatic carbocycles. The van der Waals surface area contributed by atoms with Gasteiger partial charge in [0.1, 0.15) is 5.52 Å². The Balaban J connectivity index is 2.74. The Morgan fingerprint density at radius 2 is 2.25 bits per heavy atom. The molecule has 2 rings (SSSR count). The van der Waals surface area contributed by atoms with Gasteiger partial charge in [-0.15, -0.1) is 0 Å². The third kappa shape index (κ3) is 1.29. The minimum atomic E-state index is 0.647. The summed E-state index contributed by atoms with van der Waals surface area (Å²) in [7, 11) is 0. The van der Waals surface area contributed by atoms with Gasteiger partial charge in [-0.2, -0.15) is 0 Å². The minimum Gasteiger partial charge on any atom is -0.440 e. The zero-order valence-electron chi connectivity index (χ0n) is 6.05. The molecule has 0 fully saturated rings. The van der Waals surface area contributed by atoms with Gasteiger partial charge < -0.3 is 4.42 Å². The molecule has 2 aromatic rings. The predicted molar refractivity (Wildman–Crippen MR) is 54.3 cm³/mol. The van der Waals surface area contributed by atoms with Gasteiger partial charge in [0.05, 0.1) is 5.33 Å². The van der Waals surface area contributed by atoms with Crippen molar-refractivity contribution in [3.8, 4) is 0 Å². The van der Waals surface area contributed by atoms with Crippen LogP contribution < -0.4 is 0 Å². The third-order valence-electron chi connectivity index (χ3n) is 1.53. The zero-order valence-corrected chi connectivity index (χ0v) is 9.22. The minimum absolute atomic E-state index is 0.647. The number of benzene rings is 1. The van der Waals surface area contributed by atoms with Crippen LogP contribution in [0.5, 0.6) is 0 Å². The fourth-order valence-electron chi connectivity index (χ4n) is 1.02. The maximum Gasteiger partial charge on any atom is 0.206 e. The molecule has 0 atom stereocenters. The first kappa shape index (κ1) is 8.26. The number of hydrogen-bond acceptors (Lipinski definition) is 2. The number of hydrogen-bond donors (Lipinski definition) is 0. The van der Waals surface area contributed by atoms with Crippen molar-refractivity contribution in [3.63, 3.8) is 0 Å². The van der Waals surface area contributed by atoms with E-state index < -0.39 is 0 Å². The molecule has 62 valence electrons. The maximum absolute atomic E-state index is 5.41. The highest BCUT2D eigenvalue weighted by molar-refractivity contribution is 9.10. The zero-order chi connectivity index (χ0) is 8.55. The molecule has 0 amide bonds. The molecule has 1 aromatic carbocycles. The lowest BCUT2D eigenvalue weighted by molar-refractivity contribution is 0.557. The van der Waals surface area contributed by atoms with E-state index in [0.717, 1.165) is 15.6 Å². The number of halogens is 2. The molecule has 1 heterocycles.